The third kappa shape index (κ3) is 1.59. The van der Waals surface area contributed by atoms with Gasteiger partial charge in [-0.15, -0.1) is 0 Å². The number of imidazole rings is 1. The van der Waals surface area contributed by atoms with Crippen LogP contribution in [0.25, 0.3) is 5.65 Å². The molecule has 0 amide bonds. The fraction of sp³-hybridized carbons (Fsp3) is 0.364. The van der Waals surface area contributed by atoms with Crippen LogP contribution in [0, 0.1) is 0 Å². The number of nitrogens with two attached hydrogens (primary N) is 1. The van der Waals surface area contributed by atoms with E-state index >= 15 is 0 Å². The molecule has 1 atom stereocenters. The molecule has 0 spiro atoms. The molecule has 90 valence electrons. The zero-order valence-corrected chi connectivity index (χ0v) is 10.0. The largest absolute Gasteiger partial charge is 0.396 e. The van der Waals surface area contributed by atoms with Gasteiger partial charge in [-0.3, -0.25) is 0 Å². The number of nitrogen functional groups attached to an aromatic ring is 1. The van der Waals surface area contributed by atoms with Crippen LogP contribution in [0.1, 0.15) is 23.8 Å². The van der Waals surface area contributed by atoms with Gasteiger partial charge in [0.05, 0.1) is 17.1 Å². The van der Waals surface area contributed by atoms with Crippen molar-refractivity contribution in [2.75, 3.05) is 11.5 Å². The second-order valence-electron chi connectivity index (χ2n) is 4.36. The highest BCUT2D eigenvalue weighted by Crippen LogP contribution is 2.34. The van der Waals surface area contributed by atoms with Crippen molar-refractivity contribution in [1.29, 1.82) is 0 Å². The molecule has 1 aliphatic rings. The zero-order chi connectivity index (χ0) is 12.0. The van der Waals surface area contributed by atoms with E-state index < -0.39 is 15.1 Å². The number of anilines is 1. The standard InChI is InChI=1S/C11H13N3O2S/c12-8-3-1-5-14-7-9(13-11(8)14)10-4-2-6-17(10,15)16/h1,3,5,7,10H,2,4,6,12H2. The van der Waals surface area contributed by atoms with E-state index in [-0.39, 0.29) is 5.75 Å². The van der Waals surface area contributed by atoms with E-state index in [0.717, 1.165) is 6.42 Å². The summed E-state index contributed by atoms with van der Waals surface area (Å²) in [6.45, 7) is 0. The Bertz CT molecular complexity index is 675. The van der Waals surface area contributed by atoms with E-state index in [1.54, 1.807) is 16.7 Å². The molecule has 0 saturated carbocycles. The minimum absolute atomic E-state index is 0.265. The van der Waals surface area contributed by atoms with E-state index in [1.807, 2.05) is 12.3 Å². The Morgan fingerprint density at radius 1 is 1.47 bits per heavy atom. The van der Waals surface area contributed by atoms with E-state index in [4.69, 9.17) is 5.73 Å². The van der Waals surface area contributed by atoms with Crippen molar-refractivity contribution in [1.82, 2.24) is 9.38 Å². The predicted molar refractivity (Wildman–Crippen MR) is 65.4 cm³/mol. The SMILES string of the molecule is Nc1cccn2cc(C3CCCS3(=O)=O)nc12. The van der Waals surface area contributed by atoms with E-state index in [2.05, 4.69) is 4.98 Å². The van der Waals surface area contributed by atoms with Crippen molar-refractivity contribution < 1.29 is 8.42 Å². The van der Waals surface area contributed by atoms with Gasteiger partial charge < -0.3 is 10.1 Å². The summed E-state index contributed by atoms with van der Waals surface area (Å²) in [4.78, 5) is 4.35. The van der Waals surface area contributed by atoms with Crippen LogP contribution in [0.2, 0.25) is 0 Å². The van der Waals surface area contributed by atoms with Gasteiger partial charge in [-0.2, -0.15) is 0 Å². The summed E-state index contributed by atoms with van der Waals surface area (Å²) in [5, 5.41) is -0.457. The van der Waals surface area contributed by atoms with Crippen molar-refractivity contribution >= 4 is 21.2 Å². The summed E-state index contributed by atoms with van der Waals surface area (Å²) in [6.07, 6.45) is 4.96. The number of nitrogens with zero attached hydrogens (tertiary/aromatic N) is 2. The molecule has 3 rings (SSSR count). The van der Waals surface area contributed by atoms with E-state index in [1.165, 1.54) is 0 Å². The lowest BCUT2D eigenvalue weighted by molar-refractivity contribution is 0.591. The third-order valence-electron chi connectivity index (χ3n) is 3.19. The number of sulfone groups is 1. The average Bonchev–Trinajstić information content (AvgIpc) is 2.81. The molecule has 0 radical (unpaired) electrons. The second-order valence-corrected chi connectivity index (χ2v) is 6.66. The van der Waals surface area contributed by atoms with Gasteiger partial charge in [-0.1, -0.05) is 0 Å². The summed E-state index contributed by atoms with van der Waals surface area (Å²) in [6, 6.07) is 3.58. The van der Waals surface area contributed by atoms with Crippen LogP contribution in [-0.4, -0.2) is 23.6 Å². The quantitative estimate of drug-likeness (QED) is 0.825. The lowest BCUT2D eigenvalue weighted by Crippen LogP contribution is -2.08. The maximum Gasteiger partial charge on any atom is 0.160 e. The van der Waals surface area contributed by atoms with Gasteiger partial charge in [0.25, 0.3) is 0 Å². The highest BCUT2D eigenvalue weighted by atomic mass is 32.2. The summed E-state index contributed by atoms with van der Waals surface area (Å²) < 4.78 is 25.5. The molecule has 1 unspecified atom stereocenters. The summed E-state index contributed by atoms with van der Waals surface area (Å²) in [5.41, 5.74) is 7.61. The maximum atomic E-state index is 11.8. The lowest BCUT2D eigenvalue weighted by Gasteiger charge is -2.03. The molecule has 17 heavy (non-hydrogen) atoms. The molecule has 6 heteroatoms. The van der Waals surface area contributed by atoms with Gasteiger partial charge in [0.15, 0.2) is 15.5 Å². The molecule has 0 aromatic carbocycles. The van der Waals surface area contributed by atoms with Crippen LogP contribution in [0.4, 0.5) is 5.69 Å². The first-order chi connectivity index (χ1) is 8.08. The number of aromatic nitrogens is 2. The van der Waals surface area contributed by atoms with Crippen LogP contribution < -0.4 is 5.73 Å². The van der Waals surface area contributed by atoms with Gasteiger partial charge in [-0.25, -0.2) is 13.4 Å². The van der Waals surface area contributed by atoms with Gasteiger partial charge in [0.2, 0.25) is 0 Å². The maximum absolute atomic E-state index is 11.8. The Balaban J connectivity index is 2.16. The molecular weight excluding hydrogens is 238 g/mol. The Kier molecular flexibility index (Phi) is 2.16. The topological polar surface area (TPSA) is 77.5 Å². The molecule has 1 saturated heterocycles. The molecule has 1 fully saturated rings. The minimum Gasteiger partial charge on any atom is -0.396 e. The van der Waals surface area contributed by atoms with Gasteiger partial charge in [0, 0.05) is 12.4 Å². The predicted octanol–water partition coefficient (Wildman–Crippen LogP) is 1.17. The lowest BCUT2D eigenvalue weighted by atomic mass is 10.2. The van der Waals surface area contributed by atoms with Crippen LogP contribution in [-0.2, 0) is 9.84 Å². The molecule has 1 aliphatic heterocycles. The van der Waals surface area contributed by atoms with Crippen LogP contribution in [0.5, 0.6) is 0 Å². The highest BCUT2D eigenvalue weighted by molar-refractivity contribution is 7.91. The number of pyridine rings is 1. The van der Waals surface area contributed by atoms with Crippen molar-refractivity contribution in [2.24, 2.45) is 0 Å². The minimum atomic E-state index is -3.02. The first-order valence-electron chi connectivity index (χ1n) is 5.52. The molecule has 2 N–H and O–H groups in total. The van der Waals surface area contributed by atoms with Crippen molar-refractivity contribution in [3.8, 4) is 0 Å². The second kappa shape index (κ2) is 3.46. The Morgan fingerprint density at radius 2 is 2.29 bits per heavy atom. The molecule has 0 aliphatic carbocycles. The van der Waals surface area contributed by atoms with Crippen molar-refractivity contribution in [2.45, 2.75) is 18.1 Å². The van der Waals surface area contributed by atoms with Crippen molar-refractivity contribution in [3.63, 3.8) is 0 Å². The first-order valence-corrected chi connectivity index (χ1v) is 7.24. The Labute approximate surface area is 99.2 Å². The smallest absolute Gasteiger partial charge is 0.160 e. The number of hydrogen-bond acceptors (Lipinski definition) is 4. The van der Waals surface area contributed by atoms with Gasteiger partial charge in [0.1, 0.15) is 5.25 Å². The fourth-order valence-corrected chi connectivity index (χ4v) is 4.19. The van der Waals surface area contributed by atoms with Crippen LogP contribution in [0.15, 0.2) is 24.5 Å². The van der Waals surface area contributed by atoms with Gasteiger partial charge >= 0.3 is 0 Å². The van der Waals surface area contributed by atoms with E-state index in [9.17, 15) is 8.42 Å². The molecule has 2 aromatic rings. The molecular formula is C11H13N3O2S. The van der Waals surface area contributed by atoms with Crippen molar-refractivity contribution in [3.05, 3.63) is 30.2 Å². The first kappa shape index (κ1) is 10.6. The van der Waals surface area contributed by atoms with Crippen LogP contribution in [0.3, 0.4) is 0 Å². The molecule has 2 aromatic heterocycles. The van der Waals surface area contributed by atoms with E-state index in [0.29, 0.717) is 23.4 Å². The Hall–Kier alpha value is -1.56. The summed E-state index contributed by atoms with van der Waals surface area (Å²) >= 11 is 0. The monoisotopic (exact) mass is 251 g/mol. The summed E-state index contributed by atoms with van der Waals surface area (Å²) in [5.74, 6) is 0.265. The fourth-order valence-electron chi connectivity index (χ4n) is 2.33. The summed E-state index contributed by atoms with van der Waals surface area (Å²) in [7, 11) is -3.02. The van der Waals surface area contributed by atoms with Crippen LogP contribution >= 0.6 is 0 Å². The molecule has 0 bridgehead atoms. The Morgan fingerprint density at radius 3 is 2.94 bits per heavy atom. The average molecular weight is 251 g/mol. The number of hydrogen-bond donors (Lipinski definition) is 1. The van der Waals surface area contributed by atoms with Gasteiger partial charge in [-0.05, 0) is 25.0 Å². The zero-order valence-electron chi connectivity index (χ0n) is 9.20. The third-order valence-corrected chi connectivity index (χ3v) is 5.39. The number of rotatable bonds is 1. The highest BCUT2D eigenvalue weighted by Gasteiger charge is 2.34. The molecule has 5 nitrogen and oxygen atoms in total. The number of fused-ring (bicyclic) bond motifs is 1. The molecule has 3 heterocycles. The normalized spacial score (nSPS) is 23.2.